The Morgan fingerprint density at radius 3 is 1.23 bits per heavy atom. The third-order valence-corrected chi connectivity index (χ3v) is 14.8. The van der Waals surface area contributed by atoms with Crippen molar-refractivity contribution in [3.05, 3.63) is 85.1 Å². The van der Waals surface area contributed by atoms with Gasteiger partial charge in [0.25, 0.3) is 7.82 Å². The lowest BCUT2D eigenvalue weighted by Crippen LogP contribution is -2.47. The van der Waals surface area contributed by atoms with Gasteiger partial charge in [0, 0.05) is 12.8 Å². The molecule has 0 aromatic carbocycles. The molecule has 0 bridgehead atoms. The van der Waals surface area contributed by atoms with Crippen molar-refractivity contribution < 1.29 is 37.3 Å². The summed E-state index contributed by atoms with van der Waals surface area (Å²) in [7, 11) is 1.15. The molecule has 446 valence electrons. The first-order chi connectivity index (χ1) is 37.4. The SMILES string of the molecule is CCCCC/C=C\C/C=C\C/C=C\C/C=C\CCCC(=O)NC(COP(=O)([O-])OCC[N+](C)(C)C)C(/C=C\CCCCCCCCCCC)OC(=O)CCCCCCCCCCCCCCC/C=C\C/C=C\CCCCC. The molecule has 0 aliphatic heterocycles. The summed E-state index contributed by atoms with van der Waals surface area (Å²) in [4.78, 5) is 40.0. The summed E-state index contributed by atoms with van der Waals surface area (Å²) in [6.07, 6.45) is 74.2. The number of unbranched alkanes of at least 4 members (excludes halogenated alkanes) is 29. The summed E-state index contributed by atoms with van der Waals surface area (Å²) in [5.41, 5.74) is 0. The Bertz CT molecular complexity index is 1590. The largest absolute Gasteiger partial charge is 0.756 e. The van der Waals surface area contributed by atoms with Crippen LogP contribution < -0.4 is 10.2 Å². The number of amides is 1. The maximum atomic E-state index is 13.5. The van der Waals surface area contributed by atoms with Crippen LogP contribution in [0.2, 0.25) is 0 Å². The summed E-state index contributed by atoms with van der Waals surface area (Å²) in [5, 5.41) is 2.99. The lowest BCUT2D eigenvalue weighted by molar-refractivity contribution is -0.870. The van der Waals surface area contributed by atoms with Crippen LogP contribution in [0.3, 0.4) is 0 Å². The Morgan fingerprint density at radius 1 is 0.455 bits per heavy atom. The van der Waals surface area contributed by atoms with Crippen LogP contribution in [0.5, 0.6) is 0 Å². The van der Waals surface area contributed by atoms with Gasteiger partial charge in [-0.25, -0.2) is 0 Å². The van der Waals surface area contributed by atoms with Crippen LogP contribution in [0.25, 0.3) is 0 Å². The molecule has 0 saturated heterocycles. The molecule has 0 fully saturated rings. The number of likely N-dealkylation sites (N-methyl/N-ethyl adjacent to an activating group) is 1. The molecule has 9 nitrogen and oxygen atoms in total. The number of rotatable bonds is 57. The van der Waals surface area contributed by atoms with Gasteiger partial charge in [0.1, 0.15) is 19.3 Å². The maximum Gasteiger partial charge on any atom is 0.306 e. The molecule has 1 N–H and O–H groups in total. The minimum Gasteiger partial charge on any atom is -0.756 e. The molecule has 1 amide bonds. The summed E-state index contributed by atoms with van der Waals surface area (Å²) in [6, 6.07) is -0.920. The molecule has 0 radical (unpaired) electrons. The lowest BCUT2D eigenvalue weighted by atomic mass is 10.0. The summed E-state index contributed by atoms with van der Waals surface area (Å²) < 4.78 is 30.3. The van der Waals surface area contributed by atoms with E-state index in [0.717, 1.165) is 70.6 Å². The number of nitrogens with zero attached hydrogens (tertiary/aromatic N) is 1. The second-order valence-corrected chi connectivity index (χ2v) is 24.0. The first-order valence-corrected chi connectivity index (χ1v) is 33.4. The zero-order valence-corrected chi connectivity index (χ0v) is 51.8. The molecule has 0 heterocycles. The van der Waals surface area contributed by atoms with E-state index in [1.807, 2.05) is 33.3 Å². The topological polar surface area (TPSA) is 114 Å². The minimum absolute atomic E-state index is 0.0351. The van der Waals surface area contributed by atoms with E-state index in [1.165, 1.54) is 167 Å². The zero-order chi connectivity index (χ0) is 56.4. The average Bonchev–Trinajstić information content (AvgIpc) is 3.39. The van der Waals surface area contributed by atoms with Crippen molar-refractivity contribution in [2.24, 2.45) is 0 Å². The van der Waals surface area contributed by atoms with Crippen LogP contribution in [-0.4, -0.2) is 69.4 Å². The van der Waals surface area contributed by atoms with Gasteiger partial charge in [-0.2, -0.15) is 0 Å². The molecule has 0 saturated carbocycles. The Kier molecular flexibility index (Phi) is 54.4. The fourth-order valence-electron chi connectivity index (χ4n) is 8.84. The highest BCUT2D eigenvalue weighted by Crippen LogP contribution is 2.38. The van der Waals surface area contributed by atoms with E-state index < -0.39 is 26.6 Å². The van der Waals surface area contributed by atoms with Crippen LogP contribution in [0.4, 0.5) is 0 Å². The van der Waals surface area contributed by atoms with Crippen LogP contribution in [-0.2, 0) is 27.9 Å². The smallest absolute Gasteiger partial charge is 0.306 e. The quantitative estimate of drug-likeness (QED) is 0.0212. The number of hydrogen-bond donors (Lipinski definition) is 1. The first-order valence-electron chi connectivity index (χ1n) is 31.9. The van der Waals surface area contributed by atoms with Crippen molar-refractivity contribution in [2.75, 3.05) is 40.9 Å². The molecular formula is C67H121N2O7P. The molecule has 77 heavy (non-hydrogen) atoms. The van der Waals surface area contributed by atoms with Crippen molar-refractivity contribution >= 4 is 19.7 Å². The zero-order valence-electron chi connectivity index (χ0n) is 50.9. The number of quaternary nitrogens is 1. The molecule has 0 aromatic heterocycles. The van der Waals surface area contributed by atoms with Crippen LogP contribution in [0.15, 0.2) is 85.1 Å². The van der Waals surface area contributed by atoms with Gasteiger partial charge in [-0.05, 0) is 102 Å². The Hall–Kier alpha value is -2.81. The molecule has 10 heteroatoms. The van der Waals surface area contributed by atoms with Crippen molar-refractivity contribution in [3.63, 3.8) is 0 Å². The summed E-state index contributed by atoms with van der Waals surface area (Å²) in [5.74, 6) is -0.607. The molecule has 3 atom stereocenters. The van der Waals surface area contributed by atoms with Crippen LogP contribution in [0, 0.1) is 0 Å². The normalized spacial score (nSPS) is 14.2. The van der Waals surface area contributed by atoms with E-state index in [-0.39, 0.29) is 31.3 Å². The highest BCUT2D eigenvalue weighted by molar-refractivity contribution is 7.45. The Labute approximate surface area is 476 Å². The van der Waals surface area contributed by atoms with Crippen molar-refractivity contribution in [2.45, 2.75) is 290 Å². The molecule has 0 aromatic rings. The lowest BCUT2D eigenvalue weighted by Gasteiger charge is -2.30. The highest BCUT2D eigenvalue weighted by Gasteiger charge is 2.27. The van der Waals surface area contributed by atoms with Crippen molar-refractivity contribution in [1.82, 2.24) is 5.32 Å². The van der Waals surface area contributed by atoms with Crippen LogP contribution in [0.1, 0.15) is 278 Å². The van der Waals surface area contributed by atoms with E-state index >= 15 is 0 Å². The number of allylic oxidation sites excluding steroid dienone is 13. The van der Waals surface area contributed by atoms with Crippen molar-refractivity contribution in [1.29, 1.82) is 0 Å². The number of phosphoric ester groups is 1. The van der Waals surface area contributed by atoms with Crippen molar-refractivity contribution in [3.8, 4) is 0 Å². The van der Waals surface area contributed by atoms with Gasteiger partial charge in [0.15, 0.2) is 0 Å². The van der Waals surface area contributed by atoms with Gasteiger partial charge in [0.05, 0.1) is 33.8 Å². The van der Waals surface area contributed by atoms with E-state index in [2.05, 4.69) is 99.0 Å². The molecule has 0 spiro atoms. The highest BCUT2D eigenvalue weighted by atomic mass is 31.2. The van der Waals surface area contributed by atoms with Gasteiger partial charge in [-0.3, -0.25) is 14.2 Å². The molecular weight excluding hydrogens is 976 g/mol. The standard InChI is InChI=1S/C67H121N2O7P/c1-7-10-13-16-19-22-25-27-29-31-32-33-34-35-36-38-40-42-45-48-51-54-57-60-67(71)76-65(58-55-52-49-46-43-24-21-18-15-12-9-3)64(63-75-77(72,73)74-62-61-69(4,5)6)68-66(70)59-56-53-50-47-44-41-39-37-30-28-26-23-20-17-14-11-8-2/h19-20,22-23,27-30,39,41,47,50,55,58,64-65H,7-18,21,24-26,31-38,40,42-46,48-49,51-54,56-57,59-63H2,1-6H3,(H-,68,70,72,73)/b22-19-,23-20-,29-27-,30-28-,41-39-,50-47-,58-55-. The first kappa shape index (κ1) is 74.2. The predicted molar refractivity (Wildman–Crippen MR) is 330 cm³/mol. The second-order valence-electron chi connectivity index (χ2n) is 22.6. The summed E-state index contributed by atoms with van der Waals surface area (Å²) in [6.45, 7) is 6.75. The van der Waals surface area contributed by atoms with Gasteiger partial charge in [0.2, 0.25) is 5.91 Å². The number of carbonyl (C=O) groups is 2. The molecule has 3 unspecified atom stereocenters. The van der Waals surface area contributed by atoms with Crippen LogP contribution >= 0.6 is 7.82 Å². The number of hydrogen-bond acceptors (Lipinski definition) is 7. The van der Waals surface area contributed by atoms with E-state index in [9.17, 15) is 19.0 Å². The minimum atomic E-state index is -4.72. The average molecular weight is 1100 g/mol. The number of ether oxygens (including phenoxy) is 1. The number of esters is 1. The summed E-state index contributed by atoms with van der Waals surface area (Å²) >= 11 is 0. The van der Waals surface area contributed by atoms with Gasteiger partial charge >= 0.3 is 5.97 Å². The maximum absolute atomic E-state index is 13.5. The second kappa shape index (κ2) is 56.5. The molecule has 0 rings (SSSR count). The monoisotopic (exact) mass is 1100 g/mol. The van der Waals surface area contributed by atoms with Gasteiger partial charge < -0.3 is 28.5 Å². The van der Waals surface area contributed by atoms with E-state index in [4.69, 9.17) is 13.8 Å². The fraction of sp³-hybridized carbons (Fsp3) is 0.761. The fourth-order valence-corrected chi connectivity index (χ4v) is 9.56. The number of nitrogens with one attached hydrogen (secondary N) is 1. The Morgan fingerprint density at radius 2 is 0.805 bits per heavy atom. The number of phosphoric acid groups is 1. The van der Waals surface area contributed by atoms with Gasteiger partial charge in [-0.1, -0.05) is 247 Å². The van der Waals surface area contributed by atoms with E-state index in [0.29, 0.717) is 17.4 Å². The van der Waals surface area contributed by atoms with Gasteiger partial charge in [-0.15, -0.1) is 0 Å². The number of carbonyl (C=O) groups excluding carboxylic acids is 2. The molecule has 0 aliphatic rings. The van der Waals surface area contributed by atoms with E-state index in [1.54, 1.807) is 0 Å². The predicted octanol–water partition coefficient (Wildman–Crippen LogP) is 19.1. The third-order valence-electron chi connectivity index (χ3n) is 13.8. The Balaban J connectivity index is 5.21. The molecule has 0 aliphatic carbocycles. The third kappa shape index (κ3) is 57.7.